The van der Waals surface area contributed by atoms with Gasteiger partial charge in [0.15, 0.2) is 24.6 Å². The summed E-state index contributed by atoms with van der Waals surface area (Å²) in [6.45, 7) is 5.27. The Morgan fingerprint density at radius 3 is 1.67 bits per heavy atom. The Balaban J connectivity index is 3.08. The van der Waals surface area contributed by atoms with E-state index in [2.05, 4.69) is 0 Å². The van der Waals surface area contributed by atoms with Gasteiger partial charge in [0.1, 0.15) is 0 Å². The van der Waals surface area contributed by atoms with E-state index in [1.807, 2.05) is 0 Å². The van der Waals surface area contributed by atoms with Crippen LogP contribution in [0.2, 0.25) is 0 Å². The Morgan fingerprint density at radius 2 is 1.24 bits per heavy atom. The van der Waals surface area contributed by atoms with Gasteiger partial charge in [0, 0.05) is 27.9 Å². The number of carbonyl (C=O) groups is 3. The second-order valence-corrected chi connectivity index (χ2v) is 4.67. The molecule has 120 valence electrons. The molecule has 1 heterocycles. The summed E-state index contributed by atoms with van der Waals surface area (Å²) in [7, 11) is 1.37. The summed E-state index contributed by atoms with van der Waals surface area (Å²) in [5, 5.41) is 0. The van der Waals surface area contributed by atoms with Gasteiger partial charge in [-0.05, 0) is 6.92 Å². The van der Waals surface area contributed by atoms with E-state index in [-0.39, 0.29) is 0 Å². The van der Waals surface area contributed by atoms with Gasteiger partial charge in [-0.1, -0.05) is 0 Å². The number of hydrogen-bond acceptors (Lipinski definition) is 8. The summed E-state index contributed by atoms with van der Waals surface area (Å²) in [6, 6.07) is 0. The first-order valence-corrected chi connectivity index (χ1v) is 6.46. The Kier molecular flexibility index (Phi) is 6.10. The van der Waals surface area contributed by atoms with Crippen molar-refractivity contribution in [3.05, 3.63) is 0 Å². The fourth-order valence-corrected chi connectivity index (χ4v) is 2.16. The van der Waals surface area contributed by atoms with Crippen molar-refractivity contribution < 1.29 is 38.1 Å². The fourth-order valence-electron chi connectivity index (χ4n) is 2.16. The van der Waals surface area contributed by atoms with E-state index in [0.29, 0.717) is 0 Å². The first kappa shape index (κ1) is 17.4. The van der Waals surface area contributed by atoms with E-state index in [4.69, 9.17) is 23.7 Å². The van der Waals surface area contributed by atoms with Crippen LogP contribution in [-0.2, 0) is 38.1 Å². The van der Waals surface area contributed by atoms with Crippen molar-refractivity contribution in [2.24, 2.45) is 0 Å². The molecule has 21 heavy (non-hydrogen) atoms. The van der Waals surface area contributed by atoms with E-state index < -0.39 is 48.6 Å². The number of esters is 3. The zero-order valence-electron chi connectivity index (χ0n) is 12.7. The highest BCUT2D eigenvalue weighted by atomic mass is 16.7. The van der Waals surface area contributed by atoms with Crippen LogP contribution in [0.25, 0.3) is 0 Å². The molecule has 1 saturated heterocycles. The molecule has 0 bridgehead atoms. The lowest BCUT2D eigenvalue weighted by atomic mass is 9.99. The van der Waals surface area contributed by atoms with E-state index >= 15 is 0 Å². The van der Waals surface area contributed by atoms with Crippen molar-refractivity contribution in [1.29, 1.82) is 0 Å². The van der Waals surface area contributed by atoms with Gasteiger partial charge in [-0.2, -0.15) is 0 Å². The molecule has 0 aromatic heterocycles. The average molecular weight is 304 g/mol. The molecule has 1 aliphatic heterocycles. The van der Waals surface area contributed by atoms with Crippen LogP contribution < -0.4 is 0 Å². The third-order valence-electron chi connectivity index (χ3n) is 2.87. The maximum absolute atomic E-state index is 11.3. The van der Waals surface area contributed by atoms with E-state index in [0.717, 1.165) is 0 Å². The van der Waals surface area contributed by atoms with Crippen LogP contribution in [0.1, 0.15) is 27.7 Å². The van der Waals surface area contributed by atoms with Crippen LogP contribution >= 0.6 is 0 Å². The van der Waals surface area contributed by atoms with Crippen LogP contribution in [0, 0.1) is 0 Å². The summed E-state index contributed by atoms with van der Waals surface area (Å²) in [4.78, 5) is 33.7. The molecule has 0 radical (unpaired) electrons. The zero-order valence-corrected chi connectivity index (χ0v) is 12.7. The smallest absolute Gasteiger partial charge is 0.303 e. The molecule has 1 aliphatic rings. The SMILES string of the molecule is CO[C@@H]1O[C@@H](C)[C@@H](OC(C)=O)[C@H](OC(C)=O)[C@H]1OC(C)=O. The molecule has 1 rings (SSSR count). The Morgan fingerprint density at radius 1 is 0.810 bits per heavy atom. The lowest BCUT2D eigenvalue weighted by molar-refractivity contribution is -0.294. The summed E-state index contributed by atoms with van der Waals surface area (Å²) >= 11 is 0. The standard InChI is InChI=1S/C13H20O8/c1-6-10(19-7(2)14)11(20-8(3)15)12(21-9(4)16)13(17-5)18-6/h6,10-13H,1-5H3/t6-,10+,11-,12+,13+/m0/s1. The molecule has 8 heteroatoms. The van der Waals surface area contributed by atoms with Gasteiger partial charge >= 0.3 is 17.9 Å². The van der Waals surface area contributed by atoms with Crippen LogP contribution in [0.5, 0.6) is 0 Å². The average Bonchev–Trinajstić information content (AvgIpc) is 2.35. The van der Waals surface area contributed by atoms with Crippen LogP contribution in [-0.4, -0.2) is 55.7 Å². The first-order chi connectivity index (χ1) is 9.76. The van der Waals surface area contributed by atoms with E-state index in [9.17, 15) is 14.4 Å². The normalized spacial score (nSPS) is 32.1. The summed E-state index contributed by atoms with van der Waals surface area (Å²) in [5.41, 5.74) is 0. The Bertz CT molecular complexity index is 407. The van der Waals surface area contributed by atoms with Crippen molar-refractivity contribution in [3.8, 4) is 0 Å². The predicted octanol–water partition coefficient (Wildman–Crippen LogP) is 0.173. The maximum atomic E-state index is 11.3. The van der Waals surface area contributed by atoms with Gasteiger partial charge in [-0.3, -0.25) is 14.4 Å². The van der Waals surface area contributed by atoms with Crippen LogP contribution in [0.3, 0.4) is 0 Å². The quantitative estimate of drug-likeness (QED) is 0.535. The van der Waals surface area contributed by atoms with Gasteiger partial charge in [0.25, 0.3) is 0 Å². The highest BCUT2D eigenvalue weighted by Gasteiger charge is 2.50. The molecule has 1 fully saturated rings. The molecule has 0 aromatic rings. The highest BCUT2D eigenvalue weighted by Crippen LogP contribution is 2.28. The highest BCUT2D eigenvalue weighted by molar-refractivity contribution is 5.68. The van der Waals surface area contributed by atoms with Crippen LogP contribution in [0.15, 0.2) is 0 Å². The van der Waals surface area contributed by atoms with E-state index in [1.165, 1.54) is 27.9 Å². The molecule has 0 saturated carbocycles. The molecule has 0 amide bonds. The third-order valence-corrected chi connectivity index (χ3v) is 2.87. The fraction of sp³-hybridized carbons (Fsp3) is 0.769. The van der Waals surface area contributed by atoms with Gasteiger partial charge in [-0.15, -0.1) is 0 Å². The van der Waals surface area contributed by atoms with Gasteiger partial charge < -0.3 is 23.7 Å². The third kappa shape index (κ3) is 4.68. The topological polar surface area (TPSA) is 97.4 Å². The molecule has 0 aromatic carbocycles. The minimum absolute atomic E-state index is 0.565. The molecule has 0 spiro atoms. The number of rotatable bonds is 4. The van der Waals surface area contributed by atoms with Gasteiger partial charge in [-0.25, -0.2) is 0 Å². The summed E-state index contributed by atoms with van der Waals surface area (Å²) in [6.07, 6.45) is -4.47. The Labute approximate surface area is 122 Å². The zero-order chi connectivity index (χ0) is 16.2. The van der Waals surface area contributed by atoms with Crippen LogP contribution in [0.4, 0.5) is 0 Å². The van der Waals surface area contributed by atoms with Crippen molar-refractivity contribution in [3.63, 3.8) is 0 Å². The monoisotopic (exact) mass is 304 g/mol. The largest absolute Gasteiger partial charge is 0.456 e. The minimum Gasteiger partial charge on any atom is -0.456 e. The predicted molar refractivity (Wildman–Crippen MR) is 68.0 cm³/mol. The number of methoxy groups -OCH3 is 1. The second kappa shape index (κ2) is 7.37. The second-order valence-electron chi connectivity index (χ2n) is 4.67. The van der Waals surface area contributed by atoms with Crippen molar-refractivity contribution in [1.82, 2.24) is 0 Å². The molecule has 8 nitrogen and oxygen atoms in total. The van der Waals surface area contributed by atoms with Gasteiger partial charge in [0.2, 0.25) is 0 Å². The Hall–Kier alpha value is -1.67. The number of hydrogen-bond donors (Lipinski definition) is 0. The molecular weight excluding hydrogens is 284 g/mol. The number of ether oxygens (including phenoxy) is 5. The minimum atomic E-state index is -1.03. The van der Waals surface area contributed by atoms with Gasteiger partial charge in [0.05, 0.1) is 6.10 Å². The molecule has 0 unspecified atom stereocenters. The number of carbonyl (C=O) groups excluding carboxylic acids is 3. The molecule has 0 aliphatic carbocycles. The van der Waals surface area contributed by atoms with Crippen molar-refractivity contribution in [2.75, 3.05) is 7.11 Å². The molecule has 0 N–H and O–H groups in total. The van der Waals surface area contributed by atoms with Crippen molar-refractivity contribution in [2.45, 2.75) is 58.4 Å². The van der Waals surface area contributed by atoms with Crippen molar-refractivity contribution >= 4 is 17.9 Å². The maximum Gasteiger partial charge on any atom is 0.303 e. The lowest BCUT2D eigenvalue weighted by Crippen LogP contribution is -2.60. The lowest BCUT2D eigenvalue weighted by Gasteiger charge is -2.42. The first-order valence-electron chi connectivity index (χ1n) is 6.46. The van der Waals surface area contributed by atoms with E-state index in [1.54, 1.807) is 6.92 Å². The molecular formula is C13H20O8. The molecule has 5 atom stereocenters. The summed E-state index contributed by atoms with van der Waals surface area (Å²) < 4.78 is 26.0. The summed E-state index contributed by atoms with van der Waals surface area (Å²) in [5.74, 6) is -1.76.